The van der Waals surface area contributed by atoms with Gasteiger partial charge in [-0.05, 0) is 6.92 Å². The molecule has 2 aromatic heterocycles. The molecule has 0 bridgehead atoms. The van der Waals surface area contributed by atoms with Crippen molar-refractivity contribution < 1.29 is 4.52 Å². The number of anilines is 2. The summed E-state index contributed by atoms with van der Waals surface area (Å²) in [6, 6.07) is 1.85. The Bertz CT molecular complexity index is 436. The average molecular weight is 205 g/mol. The van der Waals surface area contributed by atoms with E-state index in [0.29, 0.717) is 18.2 Å². The van der Waals surface area contributed by atoms with Gasteiger partial charge in [0.1, 0.15) is 11.5 Å². The fourth-order valence-electron chi connectivity index (χ4n) is 1.10. The van der Waals surface area contributed by atoms with Gasteiger partial charge in [-0.1, -0.05) is 5.16 Å². The number of nitrogens with two attached hydrogens (primary N) is 1. The average Bonchev–Trinajstić information content (AvgIpc) is 2.64. The van der Waals surface area contributed by atoms with E-state index in [4.69, 9.17) is 10.3 Å². The van der Waals surface area contributed by atoms with Crippen molar-refractivity contribution in [1.29, 1.82) is 0 Å². The Kier molecular flexibility index (Phi) is 2.49. The molecule has 0 saturated carbocycles. The first kappa shape index (κ1) is 9.45. The molecule has 0 fully saturated rings. The monoisotopic (exact) mass is 205 g/mol. The van der Waals surface area contributed by atoms with Gasteiger partial charge in [0.15, 0.2) is 0 Å². The van der Waals surface area contributed by atoms with Crippen LogP contribution in [0.2, 0.25) is 0 Å². The molecule has 0 saturated heterocycles. The lowest BCUT2D eigenvalue weighted by Gasteiger charge is -2.00. The summed E-state index contributed by atoms with van der Waals surface area (Å²) >= 11 is 0. The second-order valence-electron chi connectivity index (χ2n) is 3.12. The topological polar surface area (TPSA) is 89.9 Å². The fraction of sp³-hybridized carbons (Fsp3) is 0.222. The van der Waals surface area contributed by atoms with Crippen molar-refractivity contribution in [2.24, 2.45) is 0 Å². The first-order valence-corrected chi connectivity index (χ1v) is 4.47. The summed E-state index contributed by atoms with van der Waals surface area (Å²) in [7, 11) is 0. The number of hydrogen-bond donors (Lipinski definition) is 2. The van der Waals surface area contributed by atoms with E-state index in [-0.39, 0.29) is 0 Å². The molecule has 6 heteroatoms. The zero-order valence-corrected chi connectivity index (χ0v) is 8.27. The molecule has 0 amide bonds. The molecule has 0 aliphatic rings. The van der Waals surface area contributed by atoms with Crippen LogP contribution in [-0.2, 0) is 6.54 Å². The third-order valence-corrected chi connectivity index (χ3v) is 1.78. The fourth-order valence-corrected chi connectivity index (χ4v) is 1.10. The van der Waals surface area contributed by atoms with Gasteiger partial charge in [-0.2, -0.15) is 0 Å². The van der Waals surface area contributed by atoms with Crippen molar-refractivity contribution in [1.82, 2.24) is 15.1 Å². The highest BCUT2D eigenvalue weighted by molar-refractivity contribution is 5.36. The summed E-state index contributed by atoms with van der Waals surface area (Å²) in [5.74, 6) is 1.30. The van der Waals surface area contributed by atoms with Crippen molar-refractivity contribution in [2.45, 2.75) is 13.5 Å². The maximum Gasteiger partial charge on any atom is 0.223 e. The SMILES string of the molecule is Cc1cc(CNc2ncc(N)cn2)no1. The second kappa shape index (κ2) is 3.95. The molecule has 0 aliphatic heterocycles. The highest BCUT2D eigenvalue weighted by atomic mass is 16.5. The minimum absolute atomic E-state index is 0.518. The number of hydrogen-bond acceptors (Lipinski definition) is 6. The Morgan fingerprint density at radius 2 is 2.13 bits per heavy atom. The van der Waals surface area contributed by atoms with Crippen LogP contribution < -0.4 is 11.1 Å². The number of aryl methyl sites for hydroxylation is 1. The summed E-state index contributed by atoms with van der Waals surface area (Å²) in [4.78, 5) is 7.99. The highest BCUT2D eigenvalue weighted by Crippen LogP contribution is 2.05. The maximum absolute atomic E-state index is 5.46. The lowest BCUT2D eigenvalue weighted by atomic mass is 10.4. The summed E-state index contributed by atoms with van der Waals surface area (Å²) in [5, 5.41) is 6.83. The minimum atomic E-state index is 0.518. The third kappa shape index (κ3) is 2.43. The normalized spacial score (nSPS) is 10.2. The molecule has 0 atom stereocenters. The largest absolute Gasteiger partial charge is 0.396 e. The van der Waals surface area contributed by atoms with Gasteiger partial charge in [0, 0.05) is 6.07 Å². The maximum atomic E-state index is 5.46. The van der Waals surface area contributed by atoms with Crippen molar-refractivity contribution >= 4 is 11.6 Å². The second-order valence-corrected chi connectivity index (χ2v) is 3.12. The van der Waals surface area contributed by atoms with Gasteiger partial charge in [-0.25, -0.2) is 9.97 Å². The van der Waals surface area contributed by atoms with Gasteiger partial charge in [0.05, 0.1) is 24.6 Å². The number of nitrogen functional groups attached to an aromatic ring is 1. The Hall–Kier alpha value is -2.11. The van der Waals surface area contributed by atoms with Crippen LogP contribution in [0.25, 0.3) is 0 Å². The molecular weight excluding hydrogens is 194 g/mol. The van der Waals surface area contributed by atoms with Crippen LogP contribution >= 0.6 is 0 Å². The molecule has 0 unspecified atom stereocenters. The molecule has 0 radical (unpaired) electrons. The Morgan fingerprint density at radius 1 is 1.40 bits per heavy atom. The van der Waals surface area contributed by atoms with E-state index in [1.807, 2.05) is 13.0 Å². The van der Waals surface area contributed by atoms with Crippen molar-refractivity contribution in [3.05, 3.63) is 29.9 Å². The highest BCUT2D eigenvalue weighted by Gasteiger charge is 2.00. The van der Waals surface area contributed by atoms with E-state index in [1.54, 1.807) is 12.4 Å². The minimum Gasteiger partial charge on any atom is -0.396 e. The van der Waals surface area contributed by atoms with E-state index < -0.39 is 0 Å². The van der Waals surface area contributed by atoms with Crippen LogP contribution in [0, 0.1) is 6.92 Å². The molecule has 2 aromatic rings. The van der Waals surface area contributed by atoms with E-state index in [2.05, 4.69) is 20.4 Å². The standard InChI is InChI=1S/C9H11N5O/c1-6-2-8(14-15-6)5-13-9-11-3-7(10)4-12-9/h2-4H,5,10H2,1H3,(H,11,12,13). The molecule has 78 valence electrons. The first-order valence-electron chi connectivity index (χ1n) is 4.47. The van der Waals surface area contributed by atoms with Crippen LogP contribution in [-0.4, -0.2) is 15.1 Å². The Morgan fingerprint density at radius 3 is 2.73 bits per heavy atom. The molecule has 0 aliphatic carbocycles. The van der Waals surface area contributed by atoms with Crippen LogP contribution in [0.15, 0.2) is 23.0 Å². The molecule has 3 N–H and O–H groups in total. The number of nitrogens with zero attached hydrogens (tertiary/aromatic N) is 3. The lowest BCUT2D eigenvalue weighted by Crippen LogP contribution is -2.03. The summed E-state index contributed by atoms with van der Waals surface area (Å²) in [6.07, 6.45) is 3.09. The van der Waals surface area contributed by atoms with Crippen molar-refractivity contribution in [2.75, 3.05) is 11.1 Å². The van der Waals surface area contributed by atoms with E-state index >= 15 is 0 Å². The Labute approximate surface area is 86.5 Å². The number of nitrogens with one attached hydrogen (secondary N) is 1. The smallest absolute Gasteiger partial charge is 0.223 e. The molecule has 6 nitrogen and oxygen atoms in total. The predicted molar refractivity (Wildman–Crippen MR) is 55.0 cm³/mol. The number of aromatic nitrogens is 3. The molecule has 0 spiro atoms. The summed E-state index contributed by atoms with van der Waals surface area (Å²) in [6.45, 7) is 2.37. The van der Waals surface area contributed by atoms with E-state index in [9.17, 15) is 0 Å². The van der Waals surface area contributed by atoms with Gasteiger partial charge in [0.2, 0.25) is 5.95 Å². The van der Waals surface area contributed by atoms with Gasteiger partial charge in [0.25, 0.3) is 0 Å². The molecule has 0 aromatic carbocycles. The zero-order chi connectivity index (χ0) is 10.7. The number of rotatable bonds is 3. The first-order chi connectivity index (χ1) is 7.24. The molecule has 2 heterocycles. The van der Waals surface area contributed by atoms with Crippen LogP contribution in [0.3, 0.4) is 0 Å². The molecule has 15 heavy (non-hydrogen) atoms. The quantitative estimate of drug-likeness (QED) is 0.775. The molecular formula is C9H11N5O. The summed E-state index contributed by atoms with van der Waals surface area (Å²) < 4.78 is 4.92. The van der Waals surface area contributed by atoms with Gasteiger partial charge >= 0.3 is 0 Å². The van der Waals surface area contributed by atoms with Gasteiger partial charge in [-0.15, -0.1) is 0 Å². The van der Waals surface area contributed by atoms with Crippen LogP contribution in [0.5, 0.6) is 0 Å². The van der Waals surface area contributed by atoms with E-state index in [0.717, 1.165) is 11.5 Å². The van der Waals surface area contributed by atoms with Crippen molar-refractivity contribution in [3.63, 3.8) is 0 Å². The summed E-state index contributed by atoms with van der Waals surface area (Å²) in [5.41, 5.74) is 6.81. The van der Waals surface area contributed by atoms with E-state index in [1.165, 1.54) is 0 Å². The molecule has 2 rings (SSSR count). The van der Waals surface area contributed by atoms with Gasteiger partial charge in [-0.3, -0.25) is 0 Å². The predicted octanol–water partition coefficient (Wildman–Crippen LogP) is 0.967. The van der Waals surface area contributed by atoms with Gasteiger partial charge < -0.3 is 15.6 Å². The zero-order valence-electron chi connectivity index (χ0n) is 8.27. The van der Waals surface area contributed by atoms with Crippen molar-refractivity contribution in [3.8, 4) is 0 Å². The lowest BCUT2D eigenvalue weighted by molar-refractivity contribution is 0.391. The third-order valence-electron chi connectivity index (χ3n) is 1.78. The Balaban J connectivity index is 1.96. The van der Waals surface area contributed by atoms with Crippen LogP contribution in [0.1, 0.15) is 11.5 Å². The van der Waals surface area contributed by atoms with Crippen LogP contribution in [0.4, 0.5) is 11.6 Å².